The number of aliphatic hydroxyl groups is 2. The average molecular weight is 695 g/mol. The number of nitrogens with two attached hydrogens (primary N) is 3. The van der Waals surface area contributed by atoms with E-state index >= 15 is 0 Å². The number of rotatable bonds is 20. The number of hydrogen-bond acceptors (Lipinski definition) is 11. The Hall–Kier alpha value is -5.14. The van der Waals surface area contributed by atoms with Crippen molar-refractivity contribution in [2.75, 3.05) is 0 Å². The van der Waals surface area contributed by atoms with Crippen molar-refractivity contribution >= 4 is 47.3 Å². The van der Waals surface area contributed by atoms with E-state index in [4.69, 9.17) is 17.2 Å². The quantitative estimate of drug-likeness (QED) is 0.0613. The maximum absolute atomic E-state index is 13.4. The third kappa shape index (κ3) is 14.3. The summed E-state index contributed by atoms with van der Waals surface area (Å²) in [5, 5.41) is 41.5. The van der Waals surface area contributed by atoms with Crippen molar-refractivity contribution < 1.29 is 53.7 Å². The maximum atomic E-state index is 13.4. The first-order valence-electron chi connectivity index (χ1n) is 15.2. The molecule has 0 unspecified atom stereocenters. The van der Waals surface area contributed by atoms with Gasteiger partial charge in [-0.05, 0) is 25.3 Å². The van der Waals surface area contributed by atoms with E-state index in [9.17, 15) is 53.7 Å². The molecule has 0 saturated heterocycles. The summed E-state index contributed by atoms with van der Waals surface area (Å²) >= 11 is 0. The van der Waals surface area contributed by atoms with Crippen molar-refractivity contribution in [1.29, 1.82) is 0 Å². The second kappa shape index (κ2) is 19.6. The van der Waals surface area contributed by atoms with Crippen LogP contribution in [0.3, 0.4) is 0 Å². The molecule has 0 fully saturated rings. The Morgan fingerprint density at radius 3 is 1.49 bits per heavy atom. The summed E-state index contributed by atoms with van der Waals surface area (Å²) in [6.07, 6.45) is -4.50. The number of carbonyl (C=O) groups is 8. The number of benzene rings is 1. The summed E-state index contributed by atoms with van der Waals surface area (Å²) < 4.78 is 0. The molecule has 7 amide bonds. The highest BCUT2D eigenvalue weighted by atomic mass is 16.4. The van der Waals surface area contributed by atoms with E-state index in [-0.39, 0.29) is 6.42 Å². The Morgan fingerprint density at radius 1 is 0.612 bits per heavy atom. The fourth-order valence-corrected chi connectivity index (χ4v) is 4.40. The minimum absolute atomic E-state index is 0.165. The van der Waals surface area contributed by atoms with Gasteiger partial charge in [0.15, 0.2) is 0 Å². The zero-order chi connectivity index (χ0) is 37.6. The van der Waals surface area contributed by atoms with Crippen molar-refractivity contribution in [3.8, 4) is 0 Å². The lowest BCUT2D eigenvalue weighted by Crippen LogP contribution is -2.63. The highest BCUT2D eigenvalue weighted by Crippen LogP contribution is 2.09. The number of aliphatic carboxylic acids is 1. The number of nitrogens with one attached hydrogen (secondary N) is 5. The molecule has 1 rings (SSSR count). The first-order chi connectivity index (χ1) is 22.7. The first kappa shape index (κ1) is 41.9. The van der Waals surface area contributed by atoms with Gasteiger partial charge in [-0.15, -0.1) is 0 Å². The van der Waals surface area contributed by atoms with Crippen molar-refractivity contribution in [3.63, 3.8) is 0 Å². The fourth-order valence-electron chi connectivity index (χ4n) is 4.40. The van der Waals surface area contributed by atoms with Gasteiger partial charge >= 0.3 is 5.97 Å². The predicted molar refractivity (Wildman–Crippen MR) is 171 cm³/mol. The molecular formula is C30H46N8O11. The van der Waals surface area contributed by atoms with E-state index in [0.717, 1.165) is 0 Å². The summed E-state index contributed by atoms with van der Waals surface area (Å²) in [4.78, 5) is 99.5. The summed E-state index contributed by atoms with van der Waals surface area (Å²) in [5.74, 6) is -9.13. The van der Waals surface area contributed by atoms with Gasteiger partial charge < -0.3 is 59.1 Å². The molecular weight excluding hydrogens is 648 g/mol. The minimum Gasteiger partial charge on any atom is -0.480 e. The molecule has 0 aromatic heterocycles. The Morgan fingerprint density at radius 2 is 1.04 bits per heavy atom. The third-order valence-corrected chi connectivity index (χ3v) is 7.07. The van der Waals surface area contributed by atoms with Crippen LogP contribution in [0.5, 0.6) is 0 Å². The van der Waals surface area contributed by atoms with Gasteiger partial charge in [0.25, 0.3) is 0 Å². The van der Waals surface area contributed by atoms with Crippen LogP contribution in [0.2, 0.25) is 0 Å². The van der Waals surface area contributed by atoms with E-state index in [0.29, 0.717) is 5.56 Å². The molecule has 0 radical (unpaired) electrons. The van der Waals surface area contributed by atoms with E-state index in [1.807, 2.05) is 0 Å². The van der Waals surface area contributed by atoms with Gasteiger partial charge in [-0.25, -0.2) is 4.79 Å². The lowest BCUT2D eigenvalue weighted by atomic mass is 10.0. The predicted octanol–water partition coefficient (Wildman–Crippen LogP) is -4.77. The number of carboxylic acids is 1. The number of hydrogen-bond donors (Lipinski definition) is 11. The summed E-state index contributed by atoms with van der Waals surface area (Å²) in [5.41, 5.74) is 16.3. The summed E-state index contributed by atoms with van der Waals surface area (Å²) in [6.45, 7) is 5.41. The second-order valence-corrected chi connectivity index (χ2v) is 11.8. The largest absolute Gasteiger partial charge is 0.480 e. The standard InChI is InChI=1S/C30H46N8O11/c1-13(2)22(36-29(47)24(15(4)40)37-25(43)17(31)11-20(32)41)27(45)38-23(14(3)39)28(46)34-18(10-16-8-6-5-7-9-16)26(44)35-19(30(48)49)12-21(33)42/h5-9,13-15,17-19,22-24,39-40H,10-12,31H2,1-4H3,(H2,32,41)(H2,33,42)(H,34,46)(H,35,44)(H,36,47)(H,37,43)(H,38,45)(H,48,49)/t14-,15-,17+,18+,19+,22+,23+,24+/m1/s1. The molecule has 1 aromatic carbocycles. The molecule has 0 aliphatic heterocycles. The van der Waals surface area contributed by atoms with Gasteiger partial charge in [-0.3, -0.25) is 33.6 Å². The average Bonchev–Trinajstić information content (AvgIpc) is 2.99. The number of carbonyl (C=O) groups excluding carboxylic acids is 7. The molecule has 0 aliphatic carbocycles. The van der Waals surface area contributed by atoms with Crippen LogP contribution in [-0.2, 0) is 44.8 Å². The van der Waals surface area contributed by atoms with E-state index in [1.54, 1.807) is 30.3 Å². The third-order valence-electron chi connectivity index (χ3n) is 7.07. The van der Waals surface area contributed by atoms with Crippen LogP contribution in [0, 0.1) is 5.92 Å². The van der Waals surface area contributed by atoms with Crippen LogP contribution in [0.4, 0.5) is 0 Å². The molecule has 0 spiro atoms. The highest BCUT2D eigenvalue weighted by Gasteiger charge is 2.36. The molecule has 8 atom stereocenters. The first-order valence-corrected chi connectivity index (χ1v) is 15.2. The van der Waals surface area contributed by atoms with Crippen LogP contribution < -0.4 is 43.8 Å². The SMILES string of the molecule is CC(C)[C@H](NC(=O)[C@@H](NC(=O)[C@@H](N)CC(N)=O)[C@@H](C)O)C(=O)N[C@H](C(=O)N[C@@H](Cc1ccccc1)C(=O)N[C@@H](CC(N)=O)C(=O)O)[C@@H](C)O. The van der Waals surface area contributed by atoms with Crippen molar-refractivity contribution in [2.45, 2.75) is 95.4 Å². The van der Waals surface area contributed by atoms with Gasteiger partial charge in [-0.2, -0.15) is 0 Å². The maximum Gasteiger partial charge on any atom is 0.326 e. The number of primary amides is 2. The number of aliphatic hydroxyl groups excluding tert-OH is 2. The van der Waals surface area contributed by atoms with Crippen molar-refractivity contribution in [3.05, 3.63) is 35.9 Å². The molecule has 1 aromatic rings. The number of amides is 7. The Bertz CT molecular complexity index is 1360. The summed E-state index contributed by atoms with van der Waals surface area (Å²) in [7, 11) is 0. The molecule has 49 heavy (non-hydrogen) atoms. The summed E-state index contributed by atoms with van der Waals surface area (Å²) in [6, 6.07) is -1.07. The van der Waals surface area contributed by atoms with Crippen LogP contribution in [-0.4, -0.2) is 111 Å². The normalized spacial score (nSPS) is 15.9. The van der Waals surface area contributed by atoms with Crippen LogP contribution in [0.1, 0.15) is 46.1 Å². The molecule has 0 saturated carbocycles. The van der Waals surface area contributed by atoms with E-state index in [1.165, 1.54) is 27.7 Å². The Kier molecular flexibility index (Phi) is 16.8. The highest BCUT2D eigenvalue weighted by molar-refractivity contribution is 5.97. The molecule has 19 heteroatoms. The Balaban J connectivity index is 3.22. The van der Waals surface area contributed by atoms with Crippen molar-refractivity contribution in [2.24, 2.45) is 23.1 Å². The number of carboxylic acid groups (broad SMARTS) is 1. The monoisotopic (exact) mass is 694 g/mol. The van der Waals surface area contributed by atoms with Gasteiger partial charge in [0.05, 0.1) is 31.1 Å². The van der Waals surface area contributed by atoms with E-state index in [2.05, 4.69) is 26.6 Å². The molecule has 19 nitrogen and oxygen atoms in total. The van der Waals surface area contributed by atoms with Gasteiger partial charge in [-0.1, -0.05) is 44.2 Å². The zero-order valence-corrected chi connectivity index (χ0v) is 27.5. The molecule has 272 valence electrons. The van der Waals surface area contributed by atoms with Crippen LogP contribution in [0.25, 0.3) is 0 Å². The van der Waals surface area contributed by atoms with Gasteiger partial charge in [0, 0.05) is 6.42 Å². The smallest absolute Gasteiger partial charge is 0.326 e. The minimum atomic E-state index is -1.71. The van der Waals surface area contributed by atoms with Crippen LogP contribution in [0.15, 0.2) is 30.3 Å². The topological polar surface area (TPSA) is 335 Å². The van der Waals surface area contributed by atoms with Gasteiger partial charge in [0.2, 0.25) is 41.4 Å². The van der Waals surface area contributed by atoms with Gasteiger partial charge in [0.1, 0.15) is 30.2 Å². The molecule has 0 bridgehead atoms. The zero-order valence-electron chi connectivity index (χ0n) is 27.5. The lowest BCUT2D eigenvalue weighted by molar-refractivity contribution is -0.144. The Labute approximate surface area is 282 Å². The second-order valence-electron chi connectivity index (χ2n) is 11.8. The van der Waals surface area contributed by atoms with E-state index < -0.39 is 115 Å². The molecule has 0 heterocycles. The van der Waals surface area contributed by atoms with Crippen molar-refractivity contribution in [1.82, 2.24) is 26.6 Å². The molecule has 14 N–H and O–H groups in total. The molecule has 0 aliphatic rings. The lowest BCUT2D eigenvalue weighted by Gasteiger charge is -2.30. The van der Waals surface area contributed by atoms with Crippen LogP contribution >= 0.6 is 0 Å². The fraction of sp³-hybridized carbons (Fsp3) is 0.533.